The average Bonchev–Trinajstić information content (AvgIpc) is 1.86. The van der Waals surface area contributed by atoms with Gasteiger partial charge < -0.3 is 9.84 Å². The van der Waals surface area contributed by atoms with E-state index in [1.54, 1.807) is 0 Å². The second-order valence-corrected chi connectivity index (χ2v) is 3.39. The van der Waals surface area contributed by atoms with Crippen molar-refractivity contribution in [2.45, 2.75) is 11.2 Å². The Morgan fingerprint density at radius 1 is 1.60 bits per heavy atom. The summed E-state index contributed by atoms with van der Waals surface area (Å²) >= 11 is 2.70. The van der Waals surface area contributed by atoms with Crippen LogP contribution in [0.25, 0.3) is 0 Å². The number of rotatable bonds is 2. The Hall–Kier alpha value is -0.580. The van der Waals surface area contributed by atoms with Crippen molar-refractivity contribution in [2.75, 3.05) is 7.11 Å². The second kappa shape index (κ2) is 3.01. The van der Waals surface area contributed by atoms with Gasteiger partial charge in [0.2, 0.25) is 4.32 Å². The summed E-state index contributed by atoms with van der Waals surface area (Å²) in [5.41, 5.74) is 0. The van der Waals surface area contributed by atoms with Gasteiger partial charge in [0, 0.05) is 0 Å². The third-order valence-corrected chi connectivity index (χ3v) is 1.63. The largest absolute Gasteiger partial charge is 0.480 e. The maximum Gasteiger partial charge on any atom is 0.333 e. The van der Waals surface area contributed by atoms with E-state index in [-0.39, 0.29) is 0 Å². The number of esters is 1. The third-order valence-electron chi connectivity index (χ3n) is 0.970. The summed E-state index contributed by atoms with van der Waals surface area (Å²) in [4.78, 5) is 20.9. The number of carbonyl (C=O) groups is 2. The molecule has 0 amide bonds. The van der Waals surface area contributed by atoms with Crippen LogP contribution in [0.15, 0.2) is 0 Å². The summed E-state index contributed by atoms with van der Waals surface area (Å²) in [6.45, 7) is 1.21. The van der Waals surface area contributed by atoms with Gasteiger partial charge in [-0.1, -0.05) is 15.9 Å². The smallest absolute Gasteiger partial charge is 0.333 e. The minimum Gasteiger partial charge on any atom is -0.480 e. The molecule has 0 aliphatic heterocycles. The SMILES string of the molecule is COC(=O)C(C)(Br)C(=O)O. The van der Waals surface area contributed by atoms with Crippen LogP contribution in [-0.4, -0.2) is 28.5 Å². The zero-order valence-corrected chi connectivity index (χ0v) is 7.14. The maximum atomic E-state index is 10.6. The van der Waals surface area contributed by atoms with Gasteiger partial charge in [0.1, 0.15) is 0 Å². The Kier molecular flexibility index (Phi) is 2.83. The molecule has 0 spiro atoms. The molecule has 0 aromatic carbocycles. The highest BCUT2D eigenvalue weighted by Crippen LogP contribution is 2.18. The Bertz CT molecular complexity index is 163. The number of ether oxygens (including phenoxy) is 1. The van der Waals surface area contributed by atoms with Crippen molar-refractivity contribution in [1.29, 1.82) is 0 Å². The predicted molar refractivity (Wildman–Crippen MR) is 37.0 cm³/mol. The quantitative estimate of drug-likeness (QED) is 0.407. The monoisotopic (exact) mass is 210 g/mol. The van der Waals surface area contributed by atoms with E-state index in [2.05, 4.69) is 20.7 Å². The van der Waals surface area contributed by atoms with Gasteiger partial charge in [0.25, 0.3) is 0 Å². The lowest BCUT2D eigenvalue weighted by atomic mass is 10.2. The van der Waals surface area contributed by atoms with E-state index in [4.69, 9.17) is 5.11 Å². The second-order valence-electron chi connectivity index (χ2n) is 1.80. The van der Waals surface area contributed by atoms with Gasteiger partial charge in [0.05, 0.1) is 7.11 Å². The van der Waals surface area contributed by atoms with Crippen LogP contribution in [-0.2, 0) is 14.3 Å². The first-order valence-electron chi connectivity index (χ1n) is 2.43. The Labute approximate surface area is 66.3 Å². The summed E-state index contributed by atoms with van der Waals surface area (Å²) in [5, 5.41) is 8.40. The molecule has 10 heavy (non-hydrogen) atoms. The zero-order chi connectivity index (χ0) is 8.36. The summed E-state index contributed by atoms with van der Waals surface area (Å²) in [6.07, 6.45) is 0. The maximum absolute atomic E-state index is 10.6. The minimum absolute atomic E-state index is 0.819. The first kappa shape index (κ1) is 9.42. The highest BCUT2D eigenvalue weighted by Gasteiger charge is 2.39. The van der Waals surface area contributed by atoms with Crippen LogP contribution in [0.2, 0.25) is 0 Å². The summed E-state index contributed by atoms with van der Waals surface area (Å²) in [6, 6.07) is 0. The van der Waals surface area contributed by atoms with Crippen LogP contribution in [0, 0.1) is 0 Å². The zero-order valence-electron chi connectivity index (χ0n) is 5.55. The molecule has 0 radical (unpaired) electrons. The fourth-order valence-corrected chi connectivity index (χ4v) is 0.441. The molecule has 0 saturated carbocycles. The molecule has 0 aliphatic carbocycles. The van der Waals surface area contributed by atoms with Crippen molar-refractivity contribution in [1.82, 2.24) is 0 Å². The van der Waals surface area contributed by atoms with Gasteiger partial charge >= 0.3 is 11.9 Å². The van der Waals surface area contributed by atoms with Crippen molar-refractivity contribution in [2.24, 2.45) is 0 Å². The van der Waals surface area contributed by atoms with Crippen LogP contribution in [0.4, 0.5) is 0 Å². The fourth-order valence-electron chi connectivity index (χ4n) is 0.279. The molecule has 0 aromatic rings. The normalized spacial score (nSPS) is 15.5. The van der Waals surface area contributed by atoms with Crippen LogP contribution in [0.5, 0.6) is 0 Å². The number of halogens is 1. The molecule has 0 heterocycles. The van der Waals surface area contributed by atoms with E-state index in [9.17, 15) is 9.59 Å². The highest BCUT2D eigenvalue weighted by molar-refractivity contribution is 9.10. The lowest BCUT2D eigenvalue weighted by molar-refractivity contribution is -0.152. The molecule has 58 valence electrons. The number of alkyl halides is 1. The lowest BCUT2D eigenvalue weighted by Crippen LogP contribution is -2.38. The molecular weight excluding hydrogens is 204 g/mol. The van der Waals surface area contributed by atoms with Gasteiger partial charge in [-0.2, -0.15) is 0 Å². The molecule has 0 bridgehead atoms. The molecular formula is C5H7BrO4. The predicted octanol–water partition coefficient (Wildman–Crippen LogP) is 0.398. The molecule has 1 unspecified atom stereocenters. The van der Waals surface area contributed by atoms with E-state index in [1.165, 1.54) is 6.92 Å². The molecule has 0 aromatic heterocycles. The first-order chi connectivity index (χ1) is 4.42. The molecule has 0 rings (SSSR count). The third kappa shape index (κ3) is 1.70. The van der Waals surface area contributed by atoms with Crippen molar-refractivity contribution in [3.8, 4) is 0 Å². The number of carboxylic acids is 1. The topological polar surface area (TPSA) is 63.6 Å². The molecule has 1 atom stereocenters. The standard InChI is InChI=1S/C5H7BrO4/c1-5(6,3(7)8)4(9)10-2/h1-2H3,(H,7,8). The van der Waals surface area contributed by atoms with Crippen LogP contribution in [0.1, 0.15) is 6.92 Å². The number of methoxy groups -OCH3 is 1. The van der Waals surface area contributed by atoms with Gasteiger partial charge in [-0.15, -0.1) is 0 Å². The molecule has 5 heteroatoms. The summed E-state index contributed by atoms with van der Waals surface area (Å²) in [7, 11) is 1.13. The van der Waals surface area contributed by atoms with E-state index < -0.39 is 16.3 Å². The molecule has 0 saturated heterocycles. The Morgan fingerprint density at radius 2 is 2.00 bits per heavy atom. The molecule has 4 nitrogen and oxygen atoms in total. The van der Waals surface area contributed by atoms with Crippen LogP contribution in [0.3, 0.4) is 0 Å². The van der Waals surface area contributed by atoms with Crippen molar-refractivity contribution in [3.05, 3.63) is 0 Å². The molecule has 1 N–H and O–H groups in total. The summed E-state index contributed by atoms with van der Waals surface area (Å²) in [5.74, 6) is -2.08. The number of carboxylic acid groups (broad SMARTS) is 1. The van der Waals surface area contributed by atoms with Crippen LogP contribution >= 0.6 is 15.9 Å². The first-order valence-corrected chi connectivity index (χ1v) is 3.23. The van der Waals surface area contributed by atoms with Gasteiger partial charge in [-0.3, -0.25) is 4.79 Å². The van der Waals surface area contributed by atoms with Gasteiger partial charge in [-0.05, 0) is 6.92 Å². The lowest BCUT2D eigenvalue weighted by Gasteiger charge is -2.12. The van der Waals surface area contributed by atoms with Crippen LogP contribution < -0.4 is 0 Å². The Balaban J connectivity index is 4.40. The average molecular weight is 211 g/mol. The van der Waals surface area contributed by atoms with Crippen molar-refractivity contribution in [3.63, 3.8) is 0 Å². The van der Waals surface area contributed by atoms with Gasteiger partial charge in [-0.25, -0.2) is 4.79 Å². The number of aliphatic carboxylic acids is 1. The number of hydrogen-bond acceptors (Lipinski definition) is 3. The van der Waals surface area contributed by atoms with E-state index in [1.807, 2.05) is 0 Å². The summed E-state index contributed by atoms with van der Waals surface area (Å²) < 4.78 is 2.59. The molecule has 0 aliphatic rings. The number of carbonyl (C=O) groups excluding carboxylic acids is 1. The Morgan fingerprint density at radius 3 is 2.10 bits per heavy atom. The van der Waals surface area contributed by atoms with E-state index >= 15 is 0 Å². The van der Waals surface area contributed by atoms with E-state index in [0.717, 1.165) is 7.11 Å². The number of hydrogen-bond donors (Lipinski definition) is 1. The fraction of sp³-hybridized carbons (Fsp3) is 0.600. The van der Waals surface area contributed by atoms with E-state index in [0.29, 0.717) is 0 Å². The highest BCUT2D eigenvalue weighted by atomic mass is 79.9. The van der Waals surface area contributed by atoms with Gasteiger partial charge in [0.15, 0.2) is 0 Å². The van der Waals surface area contributed by atoms with Crippen molar-refractivity contribution < 1.29 is 19.4 Å². The van der Waals surface area contributed by atoms with Crippen molar-refractivity contribution >= 4 is 27.9 Å². The molecule has 0 fully saturated rings. The minimum atomic E-state index is -1.62.